The SMILES string of the molecule is CPc1ccc(/C(N)=N/OC=O)cc1. The minimum atomic E-state index is 0.197. The molecule has 0 aromatic heterocycles. The predicted octanol–water partition coefficient (Wildman–Crippen LogP) is 0.414. The van der Waals surface area contributed by atoms with Crippen molar-refractivity contribution >= 4 is 26.2 Å². The lowest BCUT2D eigenvalue weighted by atomic mass is 10.2. The van der Waals surface area contributed by atoms with Gasteiger partial charge in [-0.1, -0.05) is 38.0 Å². The van der Waals surface area contributed by atoms with E-state index in [0.29, 0.717) is 0 Å². The van der Waals surface area contributed by atoms with Gasteiger partial charge in [-0.05, 0) is 12.0 Å². The number of nitrogens with zero attached hydrogens (tertiary/aromatic N) is 1. The van der Waals surface area contributed by atoms with Crippen LogP contribution in [0, 0.1) is 0 Å². The first-order valence-electron chi connectivity index (χ1n) is 3.99. The van der Waals surface area contributed by atoms with Gasteiger partial charge in [0, 0.05) is 5.56 Å². The van der Waals surface area contributed by atoms with E-state index in [-0.39, 0.29) is 12.3 Å². The summed E-state index contributed by atoms with van der Waals surface area (Å²) in [6.45, 7) is 2.33. The molecule has 1 unspecified atom stereocenters. The van der Waals surface area contributed by atoms with Crippen molar-refractivity contribution in [1.82, 2.24) is 0 Å². The van der Waals surface area contributed by atoms with Gasteiger partial charge in [-0.15, -0.1) is 0 Å². The Balaban J connectivity index is 2.80. The molecular formula is C9H11N2O2P. The first kappa shape index (κ1) is 10.7. The van der Waals surface area contributed by atoms with Crippen LogP contribution in [-0.2, 0) is 9.63 Å². The molecule has 0 aliphatic heterocycles. The summed E-state index contributed by atoms with van der Waals surface area (Å²) < 4.78 is 0. The fourth-order valence-corrected chi connectivity index (χ4v) is 1.44. The second kappa shape index (κ2) is 5.35. The number of rotatable bonds is 4. The van der Waals surface area contributed by atoms with E-state index in [1.54, 1.807) is 0 Å². The number of hydrogen-bond acceptors (Lipinski definition) is 3. The van der Waals surface area contributed by atoms with Gasteiger partial charge in [0.1, 0.15) is 0 Å². The fourth-order valence-electron chi connectivity index (χ4n) is 0.939. The molecular weight excluding hydrogens is 199 g/mol. The van der Waals surface area contributed by atoms with Gasteiger partial charge < -0.3 is 10.6 Å². The van der Waals surface area contributed by atoms with Crippen LogP contribution in [0.2, 0.25) is 0 Å². The van der Waals surface area contributed by atoms with Crippen molar-refractivity contribution < 1.29 is 9.63 Å². The minimum absolute atomic E-state index is 0.197. The maximum atomic E-state index is 9.86. The van der Waals surface area contributed by atoms with Crippen LogP contribution in [0.4, 0.5) is 0 Å². The molecule has 14 heavy (non-hydrogen) atoms. The van der Waals surface area contributed by atoms with E-state index in [1.807, 2.05) is 24.3 Å². The zero-order valence-corrected chi connectivity index (χ0v) is 8.73. The molecule has 4 nitrogen and oxygen atoms in total. The lowest BCUT2D eigenvalue weighted by molar-refractivity contribution is -0.128. The number of hydrogen-bond donors (Lipinski definition) is 1. The molecule has 0 heterocycles. The molecule has 0 aliphatic carbocycles. The minimum Gasteiger partial charge on any atom is -0.380 e. The largest absolute Gasteiger partial charge is 0.380 e. The maximum Gasteiger partial charge on any atom is 0.323 e. The van der Waals surface area contributed by atoms with Gasteiger partial charge in [0.15, 0.2) is 5.84 Å². The van der Waals surface area contributed by atoms with Gasteiger partial charge in [-0.3, -0.25) is 4.79 Å². The number of carbonyl (C=O) groups excluding carboxylic acids is 1. The van der Waals surface area contributed by atoms with E-state index in [0.717, 1.165) is 14.1 Å². The highest BCUT2D eigenvalue weighted by atomic mass is 31.1. The van der Waals surface area contributed by atoms with Crippen LogP contribution >= 0.6 is 8.58 Å². The van der Waals surface area contributed by atoms with Crippen molar-refractivity contribution in [3.05, 3.63) is 29.8 Å². The van der Waals surface area contributed by atoms with Gasteiger partial charge >= 0.3 is 6.47 Å². The molecule has 0 fully saturated rings. The molecule has 0 amide bonds. The molecule has 2 N–H and O–H groups in total. The molecule has 1 atom stereocenters. The van der Waals surface area contributed by atoms with Crippen LogP contribution in [-0.4, -0.2) is 19.0 Å². The van der Waals surface area contributed by atoms with E-state index >= 15 is 0 Å². The summed E-state index contributed by atoms with van der Waals surface area (Å²) >= 11 is 0. The predicted molar refractivity (Wildman–Crippen MR) is 58.2 cm³/mol. The van der Waals surface area contributed by atoms with Crippen molar-refractivity contribution in [3.63, 3.8) is 0 Å². The maximum absolute atomic E-state index is 9.86. The van der Waals surface area contributed by atoms with Gasteiger partial charge in [0.25, 0.3) is 0 Å². The van der Waals surface area contributed by atoms with E-state index in [2.05, 4.69) is 16.7 Å². The molecule has 0 radical (unpaired) electrons. The summed E-state index contributed by atoms with van der Waals surface area (Å²) in [6, 6.07) is 7.63. The molecule has 74 valence electrons. The Hall–Kier alpha value is -1.41. The Labute approximate surface area is 83.9 Å². The van der Waals surface area contributed by atoms with Crippen LogP contribution in [0.3, 0.4) is 0 Å². The number of oxime groups is 1. The molecule has 1 aromatic rings. The molecule has 0 spiro atoms. The highest BCUT2D eigenvalue weighted by Gasteiger charge is 1.98. The van der Waals surface area contributed by atoms with Crippen molar-refractivity contribution in [2.45, 2.75) is 0 Å². The van der Waals surface area contributed by atoms with E-state index in [4.69, 9.17) is 5.73 Å². The van der Waals surface area contributed by atoms with Crippen LogP contribution < -0.4 is 11.0 Å². The highest BCUT2D eigenvalue weighted by molar-refractivity contribution is 7.46. The summed E-state index contributed by atoms with van der Waals surface area (Å²) in [6.07, 6.45) is 0. The molecule has 1 rings (SSSR count). The summed E-state index contributed by atoms with van der Waals surface area (Å²) in [5.74, 6) is 0.197. The Morgan fingerprint density at radius 3 is 2.64 bits per heavy atom. The summed E-state index contributed by atoms with van der Waals surface area (Å²) in [7, 11) is 0.753. The zero-order valence-electron chi connectivity index (χ0n) is 7.73. The van der Waals surface area contributed by atoms with Crippen LogP contribution in [0.1, 0.15) is 5.56 Å². The second-order valence-corrected chi connectivity index (χ2v) is 3.58. The number of benzene rings is 1. The Kier molecular flexibility index (Phi) is 4.08. The molecule has 1 aromatic carbocycles. The first-order valence-corrected chi connectivity index (χ1v) is 5.49. The average Bonchev–Trinajstić information content (AvgIpc) is 2.26. The Bertz CT molecular complexity index is 335. The fraction of sp³-hybridized carbons (Fsp3) is 0.111. The Morgan fingerprint density at radius 2 is 2.14 bits per heavy atom. The zero-order chi connectivity index (χ0) is 10.4. The van der Waals surface area contributed by atoms with Crippen LogP contribution in [0.25, 0.3) is 0 Å². The Morgan fingerprint density at radius 1 is 1.50 bits per heavy atom. The number of carbonyl (C=O) groups is 1. The normalized spacial score (nSPS) is 11.9. The molecule has 0 saturated carbocycles. The first-order chi connectivity index (χ1) is 6.77. The average molecular weight is 210 g/mol. The second-order valence-electron chi connectivity index (χ2n) is 2.51. The van der Waals surface area contributed by atoms with Gasteiger partial charge in [0.2, 0.25) is 0 Å². The lowest BCUT2D eigenvalue weighted by Crippen LogP contribution is -2.14. The van der Waals surface area contributed by atoms with E-state index in [9.17, 15) is 4.79 Å². The molecule has 0 saturated heterocycles. The highest BCUT2D eigenvalue weighted by Crippen LogP contribution is 2.05. The van der Waals surface area contributed by atoms with Crippen molar-refractivity contribution in [3.8, 4) is 0 Å². The van der Waals surface area contributed by atoms with Crippen molar-refractivity contribution in [1.29, 1.82) is 0 Å². The third-order valence-electron chi connectivity index (χ3n) is 1.66. The molecule has 0 bridgehead atoms. The standard InChI is InChI=1S/C9H11N2O2P/c1-14-8-4-2-7(3-5-8)9(10)11-13-6-12/h2-6,14H,1H3,(H2,10,11). The summed E-state index contributed by atoms with van der Waals surface area (Å²) in [5.41, 5.74) is 6.29. The molecule has 0 aliphatic rings. The van der Waals surface area contributed by atoms with Gasteiger partial charge in [0.05, 0.1) is 0 Å². The van der Waals surface area contributed by atoms with Crippen molar-refractivity contribution in [2.24, 2.45) is 10.9 Å². The summed E-state index contributed by atoms with van der Waals surface area (Å²) in [5, 5.41) is 4.65. The van der Waals surface area contributed by atoms with Crippen molar-refractivity contribution in [2.75, 3.05) is 6.66 Å². The molecule has 5 heteroatoms. The van der Waals surface area contributed by atoms with Crippen LogP contribution in [0.5, 0.6) is 0 Å². The monoisotopic (exact) mass is 210 g/mol. The van der Waals surface area contributed by atoms with E-state index in [1.165, 1.54) is 5.30 Å². The summed E-state index contributed by atoms with van der Waals surface area (Å²) in [4.78, 5) is 14.0. The van der Waals surface area contributed by atoms with Gasteiger partial charge in [-0.25, -0.2) is 0 Å². The van der Waals surface area contributed by atoms with E-state index < -0.39 is 0 Å². The number of amidine groups is 1. The van der Waals surface area contributed by atoms with Gasteiger partial charge in [-0.2, -0.15) is 0 Å². The van der Waals surface area contributed by atoms with Crippen LogP contribution in [0.15, 0.2) is 29.4 Å². The topological polar surface area (TPSA) is 64.7 Å². The quantitative estimate of drug-likeness (QED) is 0.195. The lowest BCUT2D eigenvalue weighted by Gasteiger charge is -2.00. The third kappa shape index (κ3) is 2.82. The third-order valence-corrected chi connectivity index (χ3v) is 2.57. The smallest absolute Gasteiger partial charge is 0.323 e. The number of nitrogens with two attached hydrogens (primary N) is 1.